The van der Waals surface area contributed by atoms with Crippen molar-refractivity contribution < 1.29 is 9.67 Å². The fraction of sp³-hybridized carbons (Fsp3) is 0.231. The summed E-state index contributed by atoms with van der Waals surface area (Å²) >= 11 is 9.35. The third-order valence-electron chi connectivity index (χ3n) is 5.16. The van der Waals surface area contributed by atoms with Gasteiger partial charge in [0.15, 0.2) is 23.1 Å². The van der Waals surface area contributed by atoms with Crippen LogP contribution in [-0.2, 0) is 5.41 Å². The van der Waals surface area contributed by atoms with Gasteiger partial charge in [0, 0.05) is 27.9 Å². The number of rotatable bonds is 4. The third-order valence-corrected chi connectivity index (χ3v) is 6.15. The minimum Gasteiger partial charge on any atom is -0.502 e. The predicted octanol–water partition coefficient (Wildman–Crippen LogP) is 6.97. The molecule has 2 aromatic carbocycles. The standard InChI is InChI=1S/C26H27BrN2OS/c1-17-10-11-18(2)22(16-17)28-25(31)23(24(30)20-8-6-7-9-21(20)27)29-14-12-19(13-15-29)26(3,4)5/h6-16H,1-5H3,(H-,28,30,31)/p+1. The van der Waals surface area contributed by atoms with Crippen molar-refractivity contribution in [1.29, 1.82) is 0 Å². The van der Waals surface area contributed by atoms with Crippen molar-refractivity contribution in [3.8, 4) is 0 Å². The van der Waals surface area contributed by atoms with Crippen LogP contribution in [0, 0.1) is 13.8 Å². The molecule has 160 valence electrons. The van der Waals surface area contributed by atoms with E-state index in [2.05, 4.69) is 72.3 Å². The average Bonchev–Trinajstić information content (AvgIpc) is 2.71. The summed E-state index contributed by atoms with van der Waals surface area (Å²) in [5.41, 5.74) is 5.58. The maximum Gasteiger partial charge on any atom is 0.288 e. The van der Waals surface area contributed by atoms with Crippen LogP contribution in [0.4, 0.5) is 5.69 Å². The van der Waals surface area contributed by atoms with Crippen LogP contribution in [0.15, 0.2) is 71.5 Å². The van der Waals surface area contributed by atoms with Gasteiger partial charge in [-0.1, -0.05) is 73.2 Å². The summed E-state index contributed by atoms with van der Waals surface area (Å²) < 4.78 is 2.66. The van der Waals surface area contributed by atoms with Crippen molar-refractivity contribution in [2.75, 3.05) is 5.32 Å². The van der Waals surface area contributed by atoms with E-state index in [-0.39, 0.29) is 11.2 Å². The minimum atomic E-state index is 0.0326. The van der Waals surface area contributed by atoms with E-state index in [1.807, 2.05) is 55.1 Å². The van der Waals surface area contributed by atoms with Gasteiger partial charge in [-0.05, 0) is 54.2 Å². The Hall–Kier alpha value is -2.50. The van der Waals surface area contributed by atoms with Crippen molar-refractivity contribution in [3.63, 3.8) is 0 Å². The molecule has 0 aliphatic heterocycles. The largest absolute Gasteiger partial charge is 0.502 e. The first kappa shape index (κ1) is 23.2. The van der Waals surface area contributed by atoms with Crippen LogP contribution in [0.3, 0.4) is 0 Å². The lowest BCUT2D eigenvalue weighted by Gasteiger charge is -2.18. The highest BCUT2D eigenvalue weighted by Crippen LogP contribution is 2.27. The number of halogens is 1. The highest BCUT2D eigenvalue weighted by Gasteiger charge is 2.26. The molecular weight excluding hydrogens is 468 g/mol. The summed E-state index contributed by atoms with van der Waals surface area (Å²) in [5.74, 6) is 0.101. The molecular formula is C26H28BrN2OS+. The van der Waals surface area contributed by atoms with Crippen LogP contribution in [0.1, 0.15) is 43.0 Å². The normalized spacial score (nSPS) is 12.3. The van der Waals surface area contributed by atoms with Gasteiger partial charge in [0.1, 0.15) is 0 Å². The predicted molar refractivity (Wildman–Crippen MR) is 137 cm³/mol. The SMILES string of the molecule is Cc1ccc(C)c(NC(=S)/C(=C(\O)c2ccccc2Br)[n+]2ccc(C(C)(C)C)cc2)c1. The van der Waals surface area contributed by atoms with Crippen molar-refractivity contribution in [2.45, 2.75) is 40.0 Å². The summed E-state index contributed by atoms with van der Waals surface area (Å²) in [6.45, 7) is 10.6. The first-order valence-corrected chi connectivity index (χ1v) is 11.4. The Morgan fingerprint density at radius 3 is 2.26 bits per heavy atom. The molecule has 0 saturated carbocycles. The van der Waals surface area contributed by atoms with Crippen LogP contribution >= 0.6 is 28.1 Å². The zero-order chi connectivity index (χ0) is 22.8. The Morgan fingerprint density at radius 1 is 1.00 bits per heavy atom. The summed E-state index contributed by atoms with van der Waals surface area (Å²) in [6, 6.07) is 17.9. The number of aromatic nitrogens is 1. The second kappa shape index (κ2) is 9.33. The van der Waals surface area contributed by atoms with Crippen molar-refractivity contribution in [2.24, 2.45) is 0 Å². The average molecular weight is 496 g/mol. The highest BCUT2D eigenvalue weighted by molar-refractivity contribution is 9.10. The van der Waals surface area contributed by atoms with E-state index in [9.17, 15) is 5.11 Å². The smallest absolute Gasteiger partial charge is 0.288 e. The van der Waals surface area contributed by atoms with Gasteiger partial charge in [0.05, 0.1) is 0 Å². The Bertz CT molecular complexity index is 1140. The highest BCUT2D eigenvalue weighted by atomic mass is 79.9. The molecule has 0 atom stereocenters. The number of pyridine rings is 1. The fourth-order valence-electron chi connectivity index (χ4n) is 3.26. The topological polar surface area (TPSA) is 36.1 Å². The number of aliphatic hydroxyl groups is 1. The second-order valence-electron chi connectivity index (χ2n) is 8.69. The summed E-state index contributed by atoms with van der Waals surface area (Å²) in [5, 5.41) is 14.7. The summed E-state index contributed by atoms with van der Waals surface area (Å²) in [4.78, 5) is 0.440. The van der Waals surface area contributed by atoms with Crippen LogP contribution in [0.2, 0.25) is 0 Å². The van der Waals surface area contributed by atoms with Crippen molar-refractivity contribution in [3.05, 3.63) is 93.7 Å². The van der Waals surface area contributed by atoms with E-state index in [0.29, 0.717) is 16.2 Å². The number of hydrogen-bond acceptors (Lipinski definition) is 2. The molecule has 3 aromatic rings. The Kier molecular flexibility index (Phi) is 6.97. The molecule has 3 nitrogen and oxygen atoms in total. The Labute approximate surface area is 198 Å². The second-order valence-corrected chi connectivity index (χ2v) is 9.96. The summed E-state index contributed by atoms with van der Waals surface area (Å²) in [7, 11) is 0. The van der Waals surface area contributed by atoms with Gasteiger partial charge < -0.3 is 10.4 Å². The molecule has 5 heteroatoms. The lowest BCUT2D eigenvalue weighted by molar-refractivity contribution is -0.575. The maximum absolute atomic E-state index is 11.3. The number of nitrogens with zero attached hydrogens (tertiary/aromatic N) is 1. The third kappa shape index (κ3) is 5.41. The molecule has 0 amide bonds. The number of aliphatic hydroxyl groups excluding tert-OH is 1. The molecule has 2 N–H and O–H groups in total. The lowest BCUT2D eigenvalue weighted by Crippen LogP contribution is -2.39. The van der Waals surface area contributed by atoms with E-state index in [1.54, 1.807) is 0 Å². The first-order chi connectivity index (χ1) is 14.6. The number of thiocarbonyl (C=S) groups is 1. The molecule has 1 heterocycles. The molecule has 0 aliphatic rings. The maximum atomic E-state index is 11.3. The molecule has 0 unspecified atom stereocenters. The number of benzene rings is 2. The van der Waals surface area contributed by atoms with E-state index in [1.165, 1.54) is 5.56 Å². The molecule has 0 spiro atoms. The zero-order valence-corrected chi connectivity index (χ0v) is 20.9. The monoisotopic (exact) mass is 495 g/mol. The number of anilines is 1. The van der Waals surface area contributed by atoms with E-state index in [0.717, 1.165) is 21.3 Å². The van der Waals surface area contributed by atoms with Crippen LogP contribution in [0.5, 0.6) is 0 Å². The molecule has 3 rings (SSSR count). The van der Waals surface area contributed by atoms with Crippen molar-refractivity contribution in [1.82, 2.24) is 0 Å². The first-order valence-electron chi connectivity index (χ1n) is 10.2. The Morgan fingerprint density at radius 2 is 1.65 bits per heavy atom. The van der Waals surface area contributed by atoms with Crippen molar-refractivity contribution >= 4 is 50.3 Å². The van der Waals surface area contributed by atoms with Gasteiger partial charge in [-0.25, -0.2) is 0 Å². The molecule has 0 saturated heterocycles. The number of aryl methyl sites for hydroxylation is 2. The van der Waals surface area contributed by atoms with Gasteiger partial charge >= 0.3 is 0 Å². The number of hydrogen-bond donors (Lipinski definition) is 2. The molecule has 0 aliphatic carbocycles. The van der Waals surface area contributed by atoms with Gasteiger partial charge in [-0.15, -0.1) is 0 Å². The van der Waals surface area contributed by atoms with Gasteiger partial charge in [-0.3, -0.25) is 0 Å². The minimum absolute atomic E-state index is 0.0326. The van der Waals surface area contributed by atoms with E-state index < -0.39 is 0 Å². The number of nitrogens with one attached hydrogen (secondary N) is 1. The van der Waals surface area contributed by atoms with Gasteiger partial charge in [0.25, 0.3) is 5.70 Å². The summed E-state index contributed by atoms with van der Waals surface area (Å²) in [6.07, 6.45) is 3.89. The molecule has 0 fully saturated rings. The molecule has 31 heavy (non-hydrogen) atoms. The molecule has 1 aromatic heterocycles. The molecule has 0 radical (unpaired) electrons. The van der Waals surface area contributed by atoms with Crippen LogP contribution in [0.25, 0.3) is 11.5 Å². The Balaban J connectivity index is 2.13. The fourth-order valence-corrected chi connectivity index (χ4v) is 4.04. The quantitative estimate of drug-likeness (QED) is 0.177. The van der Waals surface area contributed by atoms with Gasteiger partial charge in [-0.2, -0.15) is 4.57 Å². The zero-order valence-electron chi connectivity index (χ0n) is 18.5. The van der Waals surface area contributed by atoms with Crippen LogP contribution in [-0.4, -0.2) is 10.1 Å². The lowest BCUT2D eigenvalue weighted by atomic mass is 9.88. The van der Waals surface area contributed by atoms with Crippen LogP contribution < -0.4 is 9.88 Å². The van der Waals surface area contributed by atoms with E-state index >= 15 is 0 Å². The van der Waals surface area contributed by atoms with E-state index in [4.69, 9.17) is 12.2 Å². The van der Waals surface area contributed by atoms with Gasteiger partial charge in [0.2, 0.25) is 0 Å². The molecule has 0 bridgehead atoms.